The van der Waals surface area contributed by atoms with Gasteiger partial charge in [0.25, 0.3) is 5.56 Å². The highest BCUT2D eigenvalue weighted by atomic mass is 127. The van der Waals surface area contributed by atoms with Gasteiger partial charge in [-0.1, -0.05) is 45.8 Å². The number of rotatable bonds is 1. The maximum Gasteiger partial charge on any atom is 0.281 e. The van der Waals surface area contributed by atoms with Crippen LogP contribution >= 0.6 is 57.3 Å². The summed E-state index contributed by atoms with van der Waals surface area (Å²) in [7, 11) is 0. The molecule has 0 aromatic carbocycles. The molecule has 2 nitrogen and oxygen atoms in total. The Morgan fingerprint density at radius 3 is 2.36 bits per heavy atom. The van der Waals surface area contributed by atoms with Crippen molar-refractivity contribution in [3.05, 3.63) is 19.7 Å². The van der Waals surface area contributed by atoms with Crippen molar-refractivity contribution >= 4 is 57.3 Å². The van der Waals surface area contributed by atoms with Gasteiger partial charge in [-0.2, -0.15) is 0 Å². The molecule has 0 aliphatic heterocycles. The minimum Gasteiger partial charge on any atom is -0.267 e. The number of alkyl halides is 1. The van der Waals surface area contributed by atoms with Crippen LogP contribution in [0.25, 0.3) is 0 Å². The van der Waals surface area contributed by atoms with Crippen molar-refractivity contribution in [1.29, 1.82) is 0 Å². The van der Waals surface area contributed by atoms with Gasteiger partial charge in [0.05, 0.1) is 4.05 Å². The fourth-order valence-electron chi connectivity index (χ4n) is 0.583. The molecule has 0 bridgehead atoms. The number of nitrogens with zero attached hydrogens (tertiary/aromatic N) is 1. The molecule has 0 spiro atoms. The summed E-state index contributed by atoms with van der Waals surface area (Å²) in [6.07, 6.45) is 0. The Morgan fingerprint density at radius 2 is 2.18 bits per heavy atom. The number of halogens is 3. The normalized spacial score (nSPS) is 13.5. The molecule has 1 heterocycles. The topological polar surface area (TPSA) is 22.0 Å². The van der Waals surface area contributed by atoms with Crippen LogP contribution < -0.4 is 5.56 Å². The molecule has 0 N–H and O–H groups in total. The molecule has 1 rings (SSSR count). The van der Waals surface area contributed by atoms with Crippen LogP contribution in [0.2, 0.25) is 9.36 Å². The van der Waals surface area contributed by atoms with Crippen LogP contribution in [0.15, 0.2) is 4.79 Å². The van der Waals surface area contributed by atoms with Crippen molar-refractivity contribution < 1.29 is 0 Å². The van der Waals surface area contributed by atoms with Crippen molar-refractivity contribution in [2.24, 2.45) is 0 Å². The van der Waals surface area contributed by atoms with Crippen LogP contribution in [-0.2, 0) is 0 Å². The second-order valence-corrected chi connectivity index (χ2v) is 5.65. The first kappa shape index (κ1) is 9.83. The highest BCUT2D eigenvalue weighted by Gasteiger charge is 2.13. The summed E-state index contributed by atoms with van der Waals surface area (Å²) in [5.41, 5.74) is -0.205. The first-order valence-electron chi connectivity index (χ1n) is 2.75. The Kier molecular flexibility index (Phi) is 3.25. The first-order valence-corrected chi connectivity index (χ1v) is 5.52. The summed E-state index contributed by atoms with van der Waals surface area (Å²) in [4.78, 5) is 11.2. The van der Waals surface area contributed by atoms with Crippen LogP contribution in [0, 0.1) is 0 Å². The fourth-order valence-corrected chi connectivity index (χ4v) is 2.39. The van der Waals surface area contributed by atoms with Gasteiger partial charge in [-0.15, -0.1) is 0 Å². The zero-order chi connectivity index (χ0) is 8.59. The fraction of sp³-hybridized carbons (Fsp3) is 0.400. The molecular weight excluding hydrogens is 320 g/mol. The molecule has 0 aliphatic rings. The molecule has 11 heavy (non-hydrogen) atoms. The van der Waals surface area contributed by atoms with Gasteiger partial charge in [-0.3, -0.25) is 4.79 Å². The molecule has 62 valence electrons. The van der Waals surface area contributed by atoms with E-state index in [0.717, 1.165) is 0 Å². The lowest BCUT2D eigenvalue weighted by Gasteiger charge is -1.99. The molecule has 0 radical (unpaired) electrons. The molecular formula is C5H4Cl2INOS. The maximum atomic E-state index is 11.2. The van der Waals surface area contributed by atoms with E-state index in [-0.39, 0.29) is 14.6 Å². The van der Waals surface area contributed by atoms with Gasteiger partial charge >= 0.3 is 0 Å². The molecule has 0 saturated carbocycles. The molecule has 1 aromatic heterocycles. The maximum absolute atomic E-state index is 11.2. The standard InChI is InChI=1S/C5H4Cl2INOS/c1-2(8)9-5(10)3(6)4(7)11-9/h2H,1H3. The Morgan fingerprint density at radius 1 is 1.64 bits per heavy atom. The zero-order valence-electron chi connectivity index (χ0n) is 5.47. The van der Waals surface area contributed by atoms with Crippen LogP contribution in [0.4, 0.5) is 0 Å². The average Bonchev–Trinajstić information content (AvgIpc) is 2.17. The van der Waals surface area contributed by atoms with Crippen molar-refractivity contribution in [3.8, 4) is 0 Å². The van der Waals surface area contributed by atoms with E-state index in [2.05, 4.69) is 22.6 Å². The van der Waals surface area contributed by atoms with Gasteiger partial charge in [-0.05, 0) is 18.5 Å². The van der Waals surface area contributed by atoms with Gasteiger partial charge in [0.1, 0.15) is 9.36 Å². The second-order valence-electron chi connectivity index (χ2n) is 1.88. The van der Waals surface area contributed by atoms with Crippen molar-refractivity contribution in [2.75, 3.05) is 0 Å². The predicted octanol–water partition coefficient (Wildman–Crippen LogP) is 3.17. The molecule has 1 aromatic rings. The average molecular weight is 324 g/mol. The number of aromatic nitrogens is 1. The lowest BCUT2D eigenvalue weighted by Crippen LogP contribution is -2.13. The van der Waals surface area contributed by atoms with Gasteiger partial charge < -0.3 is 0 Å². The molecule has 0 amide bonds. The molecule has 1 atom stereocenters. The van der Waals surface area contributed by atoms with E-state index < -0.39 is 0 Å². The van der Waals surface area contributed by atoms with Crippen molar-refractivity contribution in [2.45, 2.75) is 11.0 Å². The van der Waals surface area contributed by atoms with Gasteiger partial charge in [0.15, 0.2) is 0 Å². The Bertz CT molecular complexity index is 319. The first-order chi connectivity index (χ1) is 5.04. The largest absolute Gasteiger partial charge is 0.281 e. The van der Waals surface area contributed by atoms with Gasteiger partial charge in [-0.25, -0.2) is 3.96 Å². The van der Waals surface area contributed by atoms with E-state index in [0.29, 0.717) is 4.34 Å². The van der Waals surface area contributed by atoms with E-state index in [1.807, 2.05) is 6.92 Å². The predicted molar refractivity (Wildman–Crippen MR) is 57.3 cm³/mol. The third-order valence-electron chi connectivity index (χ3n) is 1.06. The highest BCUT2D eigenvalue weighted by molar-refractivity contribution is 14.1. The zero-order valence-corrected chi connectivity index (χ0v) is 9.96. The Balaban J connectivity index is 3.30. The quantitative estimate of drug-likeness (QED) is 0.575. The summed E-state index contributed by atoms with van der Waals surface area (Å²) in [5, 5.41) is 0.125. The van der Waals surface area contributed by atoms with Crippen LogP contribution in [0.3, 0.4) is 0 Å². The summed E-state index contributed by atoms with van der Waals surface area (Å²) >= 11 is 14.5. The third kappa shape index (κ3) is 1.91. The molecule has 6 heteroatoms. The molecule has 0 aliphatic carbocycles. The Hall–Kier alpha value is 0.740. The molecule has 0 fully saturated rings. The summed E-state index contributed by atoms with van der Waals surface area (Å²) < 4.78 is 1.99. The van der Waals surface area contributed by atoms with E-state index in [1.54, 1.807) is 0 Å². The number of hydrogen-bond acceptors (Lipinski definition) is 2. The lowest BCUT2D eigenvalue weighted by atomic mass is 10.7. The minimum atomic E-state index is -0.205. The summed E-state index contributed by atoms with van der Waals surface area (Å²) in [5.74, 6) is 0. The highest BCUT2D eigenvalue weighted by Crippen LogP contribution is 2.27. The van der Waals surface area contributed by atoms with Crippen LogP contribution in [0.5, 0.6) is 0 Å². The molecule has 0 saturated heterocycles. The van der Waals surface area contributed by atoms with E-state index in [4.69, 9.17) is 23.2 Å². The van der Waals surface area contributed by atoms with Crippen molar-refractivity contribution in [1.82, 2.24) is 3.96 Å². The lowest BCUT2D eigenvalue weighted by molar-refractivity contribution is 0.817. The van der Waals surface area contributed by atoms with Crippen LogP contribution in [-0.4, -0.2) is 3.96 Å². The summed E-state index contributed by atoms with van der Waals surface area (Å²) in [6, 6.07) is 0. The van der Waals surface area contributed by atoms with E-state index in [1.165, 1.54) is 15.5 Å². The van der Waals surface area contributed by atoms with E-state index >= 15 is 0 Å². The smallest absolute Gasteiger partial charge is 0.267 e. The third-order valence-corrected chi connectivity index (χ3v) is 4.00. The second kappa shape index (κ2) is 3.64. The Labute approximate surface area is 91.4 Å². The SMILES string of the molecule is CC(I)n1sc(Cl)c(Cl)c1=O. The van der Waals surface area contributed by atoms with E-state index in [9.17, 15) is 4.79 Å². The van der Waals surface area contributed by atoms with Gasteiger partial charge in [0, 0.05) is 0 Å². The van der Waals surface area contributed by atoms with Gasteiger partial charge in [0.2, 0.25) is 0 Å². The number of hydrogen-bond donors (Lipinski definition) is 0. The summed E-state index contributed by atoms with van der Waals surface area (Å²) in [6.45, 7) is 1.89. The minimum absolute atomic E-state index is 0.0927. The van der Waals surface area contributed by atoms with Crippen molar-refractivity contribution in [3.63, 3.8) is 0 Å². The van der Waals surface area contributed by atoms with Crippen LogP contribution in [0.1, 0.15) is 11.0 Å². The molecule has 1 unspecified atom stereocenters. The monoisotopic (exact) mass is 323 g/mol.